The molecule has 132 valence electrons. The highest BCUT2D eigenvalue weighted by atomic mass is 16.6. The normalized spacial score (nSPS) is 23.4. The molecule has 2 heterocycles. The second-order valence-electron chi connectivity index (χ2n) is 6.85. The Kier molecular flexibility index (Phi) is 4.40. The van der Waals surface area contributed by atoms with Gasteiger partial charge in [0.15, 0.2) is 11.5 Å². The predicted molar refractivity (Wildman–Crippen MR) is 94.5 cm³/mol. The molecule has 5 nitrogen and oxygen atoms in total. The lowest BCUT2D eigenvalue weighted by molar-refractivity contribution is 0.0487. The number of para-hydroxylation sites is 1. The Hall–Kier alpha value is -2.40. The Morgan fingerprint density at radius 3 is 2.88 bits per heavy atom. The largest absolute Gasteiger partial charge is 0.508 e. The van der Waals surface area contributed by atoms with Crippen molar-refractivity contribution >= 4 is 0 Å². The maximum atomic E-state index is 9.81. The van der Waals surface area contributed by atoms with Gasteiger partial charge in [0.25, 0.3) is 0 Å². The van der Waals surface area contributed by atoms with Crippen molar-refractivity contribution in [3.63, 3.8) is 0 Å². The Bertz CT molecular complexity index is 748. The van der Waals surface area contributed by atoms with Gasteiger partial charge in [0.05, 0.1) is 0 Å². The summed E-state index contributed by atoms with van der Waals surface area (Å²) >= 11 is 0. The smallest absolute Gasteiger partial charge is 0.203 e. The van der Waals surface area contributed by atoms with Crippen LogP contribution in [-0.4, -0.2) is 47.5 Å². The summed E-state index contributed by atoms with van der Waals surface area (Å²) in [5.74, 6) is 1.93. The topological polar surface area (TPSA) is 62.2 Å². The first-order chi connectivity index (χ1) is 12.2. The lowest BCUT2D eigenvalue weighted by Gasteiger charge is -2.36. The van der Waals surface area contributed by atoms with Gasteiger partial charge in [-0.2, -0.15) is 0 Å². The third-order valence-corrected chi connectivity index (χ3v) is 4.97. The second kappa shape index (κ2) is 6.84. The van der Waals surface area contributed by atoms with Crippen LogP contribution in [0.25, 0.3) is 0 Å². The van der Waals surface area contributed by atoms with Gasteiger partial charge >= 0.3 is 0 Å². The SMILES string of the molecule is Oc1cccc(C2CCCN(C[C@H]3COc4c(O)cccc4O3)C2)c1. The van der Waals surface area contributed by atoms with E-state index in [0.29, 0.717) is 29.8 Å². The van der Waals surface area contributed by atoms with Gasteiger partial charge in [-0.3, -0.25) is 4.90 Å². The average Bonchev–Trinajstić information content (AvgIpc) is 2.62. The number of aromatic hydroxyl groups is 2. The number of ether oxygens (including phenoxy) is 2. The highest BCUT2D eigenvalue weighted by Crippen LogP contribution is 2.39. The standard InChI is InChI=1S/C20H23NO4/c22-16-6-1-4-14(10-16)15-5-3-9-21(11-15)12-17-13-24-20-18(23)7-2-8-19(20)25-17/h1-2,4,6-8,10,15,17,22-23H,3,5,9,11-13H2/t15?,17-/m0/s1. The maximum absolute atomic E-state index is 9.81. The molecule has 2 aromatic carbocycles. The quantitative estimate of drug-likeness (QED) is 0.898. The number of phenols is 2. The van der Waals surface area contributed by atoms with Gasteiger partial charge in [-0.25, -0.2) is 0 Å². The van der Waals surface area contributed by atoms with E-state index in [9.17, 15) is 10.2 Å². The van der Waals surface area contributed by atoms with E-state index in [1.165, 1.54) is 5.56 Å². The van der Waals surface area contributed by atoms with Crippen LogP contribution < -0.4 is 9.47 Å². The fourth-order valence-corrected chi connectivity index (χ4v) is 3.78. The Balaban J connectivity index is 1.40. The van der Waals surface area contributed by atoms with E-state index in [0.717, 1.165) is 32.5 Å². The van der Waals surface area contributed by atoms with Gasteiger partial charge < -0.3 is 19.7 Å². The summed E-state index contributed by atoms with van der Waals surface area (Å²) in [5.41, 5.74) is 1.20. The molecular weight excluding hydrogens is 318 g/mol. The van der Waals surface area contributed by atoms with Gasteiger partial charge in [0, 0.05) is 13.1 Å². The lowest BCUT2D eigenvalue weighted by atomic mass is 9.90. The zero-order chi connectivity index (χ0) is 17.2. The molecule has 0 aliphatic carbocycles. The lowest BCUT2D eigenvalue weighted by Crippen LogP contribution is -2.44. The fraction of sp³-hybridized carbons (Fsp3) is 0.400. The van der Waals surface area contributed by atoms with E-state index in [1.807, 2.05) is 18.2 Å². The molecule has 5 heteroatoms. The minimum absolute atomic E-state index is 0.0442. The first-order valence-corrected chi connectivity index (χ1v) is 8.82. The van der Waals surface area contributed by atoms with E-state index in [1.54, 1.807) is 18.2 Å². The number of hydrogen-bond acceptors (Lipinski definition) is 5. The average molecular weight is 341 g/mol. The molecule has 2 aliphatic rings. The molecule has 0 aromatic heterocycles. The number of phenolic OH excluding ortho intramolecular Hbond substituents is 2. The molecule has 2 atom stereocenters. The monoisotopic (exact) mass is 341 g/mol. The number of hydrogen-bond donors (Lipinski definition) is 2. The molecule has 0 bridgehead atoms. The third kappa shape index (κ3) is 3.51. The Labute approximate surface area is 147 Å². The van der Waals surface area contributed by atoms with E-state index >= 15 is 0 Å². The van der Waals surface area contributed by atoms with Crippen molar-refractivity contribution in [3.8, 4) is 23.0 Å². The highest BCUT2D eigenvalue weighted by Gasteiger charge is 2.28. The molecule has 0 saturated carbocycles. The summed E-state index contributed by atoms with van der Waals surface area (Å²) in [7, 11) is 0. The number of likely N-dealkylation sites (tertiary alicyclic amines) is 1. The van der Waals surface area contributed by atoms with Crippen molar-refractivity contribution in [3.05, 3.63) is 48.0 Å². The Morgan fingerprint density at radius 2 is 2.00 bits per heavy atom. The number of nitrogens with zero attached hydrogens (tertiary/aromatic N) is 1. The zero-order valence-corrected chi connectivity index (χ0v) is 14.1. The van der Waals surface area contributed by atoms with Gasteiger partial charge in [0.1, 0.15) is 18.5 Å². The van der Waals surface area contributed by atoms with Crippen LogP contribution in [0, 0.1) is 0 Å². The Morgan fingerprint density at radius 1 is 1.12 bits per heavy atom. The number of fused-ring (bicyclic) bond motifs is 1. The van der Waals surface area contributed by atoms with Crippen LogP contribution in [0.1, 0.15) is 24.3 Å². The van der Waals surface area contributed by atoms with Crippen LogP contribution in [0.2, 0.25) is 0 Å². The summed E-state index contributed by atoms with van der Waals surface area (Å²) in [4.78, 5) is 2.40. The van der Waals surface area contributed by atoms with E-state index in [-0.39, 0.29) is 11.9 Å². The molecule has 4 rings (SSSR count). The number of piperidine rings is 1. The number of rotatable bonds is 3. The third-order valence-electron chi connectivity index (χ3n) is 4.97. The minimum atomic E-state index is -0.0442. The second-order valence-corrected chi connectivity index (χ2v) is 6.85. The van der Waals surface area contributed by atoms with Crippen molar-refractivity contribution in [1.82, 2.24) is 4.90 Å². The maximum Gasteiger partial charge on any atom is 0.203 e. The molecule has 2 N–H and O–H groups in total. The first-order valence-electron chi connectivity index (χ1n) is 8.82. The van der Waals surface area contributed by atoms with E-state index < -0.39 is 0 Å². The van der Waals surface area contributed by atoms with Crippen molar-refractivity contribution in [2.45, 2.75) is 24.9 Å². The molecule has 25 heavy (non-hydrogen) atoms. The van der Waals surface area contributed by atoms with Crippen LogP contribution in [0.15, 0.2) is 42.5 Å². The molecule has 0 spiro atoms. The molecular formula is C20H23NO4. The summed E-state index contributed by atoms with van der Waals surface area (Å²) in [6.07, 6.45) is 2.22. The molecule has 0 amide bonds. The van der Waals surface area contributed by atoms with Crippen molar-refractivity contribution in [2.75, 3.05) is 26.2 Å². The van der Waals surface area contributed by atoms with Gasteiger partial charge in [-0.1, -0.05) is 18.2 Å². The van der Waals surface area contributed by atoms with Crippen LogP contribution in [-0.2, 0) is 0 Å². The van der Waals surface area contributed by atoms with Crippen molar-refractivity contribution in [1.29, 1.82) is 0 Å². The van der Waals surface area contributed by atoms with Gasteiger partial charge in [0.2, 0.25) is 5.75 Å². The summed E-state index contributed by atoms with van der Waals surface area (Å²) in [5, 5.41) is 19.5. The molecule has 0 radical (unpaired) electrons. The van der Waals surface area contributed by atoms with Gasteiger partial charge in [-0.15, -0.1) is 0 Å². The summed E-state index contributed by atoms with van der Waals surface area (Å²) in [6.45, 7) is 3.24. The van der Waals surface area contributed by atoms with E-state index in [2.05, 4.69) is 11.0 Å². The molecule has 2 aliphatic heterocycles. The van der Waals surface area contributed by atoms with E-state index in [4.69, 9.17) is 9.47 Å². The summed E-state index contributed by atoms with van der Waals surface area (Å²) < 4.78 is 11.7. The molecule has 1 saturated heterocycles. The van der Waals surface area contributed by atoms with Crippen LogP contribution >= 0.6 is 0 Å². The summed E-state index contributed by atoms with van der Waals surface area (Å²) in [6, 6.07) is 12.8. The van der Waals surface area contributed by atoms with Gasteiger partial charge in [-0.05, 0) is 55.1 Å². The van der Waals surface area contributed by atoms with Crippen molar-refractivity contribution in [2.24, 2.45) is 0 Å². The van der Waals surface area contributed by atoms with Crippen LogP contribution in [0.3, 0.4) is 0 Å². The molecule has 1 fully saturated rings. The first kappa shape index (κ1) is 16.1. The number of benzene rings is 2. The highest BCUT2D eigenvalue weighted by molar-refractivity contribution is 5.51. The van der Waals surface area contributed by atoms with Crippen LogP contribution in [0.5, 0.6) is 23.0 Å². The molecule has 2 aromatic rings. The minimum Gasteiger partial charge on any atom is -0.508 e. The zero-order valence-electron chi connectivity index (χ0n) is 14.1. The van der Waals surface area contributed by atoms with Crippen LogP contribution in [0.4, 0.5) is 0 Å². The molecule has 1 unspecified atom stereocenters. The van der Waals surface area contributed by atoms with Crippen molar-refractivity contribution < 1.29 is 19.7 Å². The predicted octanol–water partition coefficient (Wildman–Crippen LogP) is 3.12. The fourth-order valence-electron chi connectivity index (χ4n) is 3.78.